The summed E-state index contributed by atoms with van der Waals surface area (Å²) in [6.07, 6.45) is 6.14. The number of hydrogen-bond donors (Lipinski definition) is 0. The van der Waals surface area contributed by atoms with Gasteiger partial charge in [-0.25, -0.2) is 0 Å². The third-order valence-electron chi connectivity index (χ3n) is 1.51. The van der Waals surface area contributed by atoms with Gasteiger partial charge < -0.3 is 0 Å². The molecule has 1 nitrogen and oxygen atoms in total. The van der Waals surface area contributed by atoms with Gasteiger partial charge in [0.05, 0.1) is 0 Å². The fourth-order valence-electron chi connectivity index (χ4n) is 0.858. The number of aliphatic imine (C=N–C) groups is 1. The molecule has 0 aromatic heterocycles. The summed E-state index contributed by atoms with van der Waals surface area (Å²) >= 11 is 3.00. The van der Waals surface area contributed by atoms with Gasteiger partial charge in [0, 0.05) is 0 Å². The van der Waals surface area contributed by atoms with Crippen molar-refractivity contribution in [3.63, 3.8) is 0 Å². The normalized spacial score (nSPS) is 12.0. The molecule has 0 aliphatic heterocycles. The van der Waals surface area contributed by atoms with Gasteiger partial charge in [-0.1, -0.05) is 0 Å². The number of rotatable bonds is 6. The average molecular weight is 219 g/mol. The number of nitrogens with zero attached hydrogens (tertiary/aromatic N) is 1. The molecule has 0 spiro atoms. The molecule has 0 aromatic rings. The molecule has 65 valence electrons. The van der Waals surface area contributed by atoms with Gasteiger partial charge in [-0.15, -0.1) is 0 Å². The van der Waals surface area contributed by atoms with Gasteiger partial charge in [0.1, 0.15) is 0 Å². The van der Waals surface area contributed by atoms with E-state index in [4.69, 9.17) is 0 Å². The van der Waals surface area contributed by atoms with Crippen molar-refractivity contribution in [1.29, 1.82) is 0 Å². The first-order valence-corrected chi connectivity index (χ1v) is 5.37. The van der Waals surface area contributed by atoms with Gasteiger partial charge in [0.2, 0.25) is 0 Å². The van der Waals surface area contributed by atoms with Crippen LogP contribution in [0.5, 0.6) is 0 Å². The summed E-state index contributed by atoms with van der Waals surface area (Å²) in [5.74, 6) is 0. The zero-order chi connectivity index (χ0) is 8.53. The van der Waals surface area contributed by atoms with Crippen molar-refractivity contribution in [2.45, 2.75) is 46.0 Å². The van der Waals surface area contributed by atoms with E-state index in [1.54, 1.807) is 0 Å². The van der Waals surface area contributed by atoms with Crippen LogP contribution in [0.4, 0.5) is 0 Å². The molecule has 0 amide bonds. The first-order chi connectivity index (χ1) is 5.31. The molecule has 11 heavy (non-hydrogen) atoms. The van der Waals surface area contributed by atoms with E-state index in [1.165, 1.54) is 30.3 Å². The maximum absolute atomic E-state index is 4.41. The molecule has 0 atom stereocenters. The van der Waals surface area contributed by atoms with Crippen molar-refractivity contribution in [3.05, 3.63) is 0 Å². The van der Waals surface area contributed by atoms with Crippen molar-refractivity contribution in [3.8, 4) is 0 Å². The molecule has 0 heterocycles. The molecule has 0 bridgehead atoms. The summed E-state index contributed by atoms with van der Waals surface area (Å²) in [6, 6.07) is 0. The average Bonchev–Trinajstić information content (AvgIpc) is 1.99. The molecular formula is C9H18NSe. The molecule has 0 fully saturated rings. The van der Waals surface area contributed by atoms with Crippen LogP contribution in [0.25, 0.3) is 0 Å². The Hall–Kier alpha value is 0.189. The summed E-state index contributed by atoms with van der Waals surface area (Å²) in [4.78, 5) is 4.41. The van der Waals surface area contributed by atoms with Crippen LogP contribution in [0.2, 0.25) is 0 Å². The molecule has 2 heteroatoms. The molecule has 0 rings (SSSR count). The SMILES string of the molecule is CCCCCN=C([Se])CCC. The van der Waals surface area contributed by atoms with E-state index in [0.29, 0.717) is 0 Å². The molecule has 0 saturated heterocycles. The molecule has 0 N–H and O–H groups in total. The second-order valence-electron chi connectivity index (χ2n) is 2.73. The Bertz CT molecular complexity index is 110. The Kier molecular flexibility index (Phi) is 8.43. The van der Waals surface area contributed by atoms with Crippen LogP contribution >= 0.6 is 0 Å². The Morgan fingerprint density at radius 3 is 2.45 bits per heavy atom. The molecule has 0 unspecified atom stereocenters. The summed E-state index contributed by atoms with van der Waals surface area (Å²) < 4.78 is 1.20. The monoisotopic (exact) mass is 220 g/mol. The Labute approximate surface area is 78.5 Å². The number of hydrogen-bond acceptors (Lipinski definition) is 1. The molecule has 1 radical (unpaired) electrons. The third kappa shape index (κ3) is 8.09. The van der Waals surface area contributed by atoms with E-state index < -0.39 is 0 Å². The summed E-state index contributed by atoms with van der Waals surface area (Å²) in [5, 5.41) is 0. The Morgan fingerprint density at radius 2 is 1.91 bits per heavy atom. The van der Waals surface area contributed by atoms with Crippen molar-refractivity contribution in [2.24, 2.45) is 4.99 Å². The second kappa shape index (κ2) is 8.29. The molecule has 0 aromatic carbocycles. The van der Waals surface area contributed by atoms with Crippen LogP contribution in [0.15, 0.2) is 4.99 Å². The van der Waals surface area contributed by atoms with Gasteiger partial charge in [-0.3, -0.25) is 0 Å². The quantitative estimate of drug-likeness (QED) is 0.370. The standard InChI is InChI=1S/C9H18NSe/c1-3-5-6-8-10-9(11)7-4-2/h3-8H2,1-2H3. The number of unbranched alkanes of at least 4 members (excludes halogenated alkanes) is 2. The second-order valence-corrected chi connectivity index (χ2v) is 3.72. The van der Waals surface area contributed by atoms with E-state index >= 15 is 0 Å². The van der Waals surface area contributed by atoms with Gasteiger partial charge in [0.25, 0.3) is 0 Å². The van der Waals surface area contributed by atoms with E-state index in [0.717, 1.165) is 13.0 Å². The first-order valence-electron chi connectivity index (χ1n) is 4.51. The van der Waals surface area contributed by atoms with Crippen molar-refractivity contribution >= 4 is 20.6 Å². The summed E-state index contributed by atoms with van der Waals surface area (Å²) in [7, 11) is 0. The van der Waals surface area contributed by atoms with Crippen LogP contribution in [-0.4, -0.2) is 27.2 Å². The van der Waals surface area contributed by atoms with E-state index in [1.807, 2.05) is 0 Å². The van der Waals surface area contributed by atoms with E-state index in [9.17, 15) is 0 Å². The molecule has 0 aliphatic carbocycles. The maximum atomic E-state index is 4.41. The third-order valence-corrected chi connectivity index (χ3v) is 2.21. The fraction of sp³-hybridized carbons (Fsp3) is 0.889. The van der Waals surface area contributed by atoms with Gasteiger partial charge in [0.15, 0.2) is 0 Å². The summed E-state index contributed by atoms with van der Waals surface area (Å²) in [6.45, 7) is 5.41. The van der Waals surface area contributed by atoms with Crippen LogP contribution in [0, 0.1) is 0 Å². The van der Waals surface area contributed by atoms with E-state index in [-0.39, 0.29) is 0 Å². The van der Waals surface area contributed by atoms with Crippen LogP contribution < -0.4 is 0 Å². The fourth-order valence-corrected chi connectivity index (χ4v) is 1.48. The van der Waals surface area contributed by atoms with Crippen LogP contribution in [0.3, 0.4) is 0 Å². The zero-order valence-electron chi connectivity index (χ0n) is 7.60. The Morgan fingerprint density at radius 1 is 1.18 bits per heavy atom. The van der Waals surface area contributed by atoms with Crippen LogP contribution in [-0.2, 0) is 0 Å². The zero-order valence-corrected chi connectivity index (χ0v) is 9.31. The predicted octanol–water partition coefficient (Wildman–Crippen LogP) is 2.54. The Balaban J connectivity index is 3.24. The predicted molar refractivity (Wildman–Crippen MR) is 52.5 cm³/mol. The topological polar surface area (TPSA) is 12.4 Å². The molecule has 0 saturated carbocycles. The van der Waals surface area contributed by atoms with Crippen molar-refractivity contribution in [1.82, 2.24) is 0 Å². The van der Waals surface area contributed by atoms with Crippen molar-refractivity contribution in [2.75, 3.05) is 6.54 Å². The van der Waals surface area contributed by atoms with Crippen molar-refractivity contribution < 1.29 is 0 Å². The minimum absolute atomic E-state index is 1.01. The van der Waals surface area contributed by atoms with Gasteiger partial charge in [-0.2, -0.15) is 0 Å². The first kappa shape index (κ1) is 11.2. The van der Waals surface area contributed by atoms with Gasteiger partial charge >= 0.3 is 78.1 Å². The minimum atomic E-state index is 1.01. The summed E-state index contributed by atoms with van der Waals surface area (Å²) in [5.41, 5.74) is 0. The molecule has 0 aliphatic rings. The van der Waals surface area contributed by atoms with Gasteiger partial charge in [-0.05, 0) is 0 Å². The van der Waals surface area contributed by atoms with E-state index in [2.05, 4.69) is 34.9 Å². The molecular weight excluding hydrogens is 201 g/mol. The van der Waals surface area contributed by atoms with Crippen LogP contribution in [0.1, 0.15) is 46.0 Å².